The third kappa shape index (κ3) is 2.27. The summed E-state index contributed by atoms with van der Waals surface area (Å²) >= 11 is 0. The highest BCUT2D eigenvalue weighted by Gasteiger charge is 2.26. The highest BCUT2D eigenvalue weighted by Crippen LogP contribution is 2.31. The van der Waals surface area contributed by atoms with Crippen LogP contribution in [0.4, 0.5) is 4.39 Å². The maximum absolute atomic E-state index is 13.4. The molecule has 0 aliphatic rings. The van der Waals surface area contributed by atoms with E-state index in [1.54, 1.807) is 13.0 Å². The van der Waals surface area contributed by atoms with Crippen molar-refractivity contribution < 1.29 is 14.2 Å². The maximum Gasteiger partial charge on any atom is 0.126 e. The second-order valence-corrected chi connectivity index (χ2v) is 3.78. The van der Waals surface area contributed by atoms with E-state index < -0.39 is 5.60 Å². The lowest BCUT2D eigenvalue weighted by molar-refractivity contribution is 0.0637. The van der Waals surface area contributed by atoms with Gasteiger partial charge in [0, 0.05) is 12.1 Å². The van der Waals surface area contributed by atoms with Gasteiger partial charge in [0.15, 0.2) is 0 Å². The van der Waals surface area contributed by atoms with Gasteiger partial charge in [0.25, 0.3) is 0 Å². The average Bonchev–Trinajstić information content (AvgIpc) is 2.21. The topological polar surface area (TPSA) is 55.5 Å². The highest BCUT2D eigenvalue weighted by molar-refractivity contribution is 5.41. The molecule has 84 valence electrons. The van der Waals surface area contributed by atoms with Crippen LogP contribution in [0.1, 0.15) is 18.1 Å². The van der Waals surface area contributed by atoms with Crippen molar-refractivity contribution in [2.24, 2.45) is 5.73 Å². The lowest BCUT2D eigenvalue weighted by atomic mass is 9.94. The van der Waals surface area contributed by atoms with Crippen LogP contribution in [-0.2, 0) is 5.60 Å². The van der Waals surface area contributed by atoms with E-state index in [4.69, 9.17) is 10.5 Å². The zero-order chi connectivity index (χ0) is 11.6. The maximum atomic E-state index is 13.4. The number of ether oxygens (including phenoxy) is 1. The molecule has 0 bridgehead atoms. The molecule has 1 aromatic carbocycles. The first-order valence-electron chi connectivity index (χ1n) is 4.69. The number of methoxy groups -OCH3 is 1. The fraction of sp³-hybridized carbons (Fsp3) is 0.455. The third-order valence-corrected chi connectivity index (χ3v) is 2.46. The van der Waals surface area contributed by atoms with Gasteiger partial charge in [-0.15, -0.1) is 0 Å². The summed E-state index contributed by atoms with van der Waals surface area (Å²) in [6.45, 7) is 3.17. The van der Waals surface area contributed by atoms with Gasteiger partial charge in [-0.3, -0.25) is 0 Å². The Kier molecular flexibility index (Phi) is 3.31. The van der Waals surface area contributed by atoms with Gasteiger partial charge in [0.2, 0.25) is 0 Å². The molecule has 0 aliphatic carbocycles. The fourth-order valence-corrected chi connectivity index (χ4v) is 1.35. The molecule has 1 aromatic rings. The summed E-state index contributed by atoms with van der Waals surface area (Å²) in [6, 6.07) is 2.82. The Morgan fingerprint density at radius 3 is 2.60 bits per heavy atom. The minimum absolute atomic E-state index is 0.00581. The van der Waals surface area contributed by atoms with Crippen LogP contribution in [0.3, 0.4) is 0 Å². The summed E-state index contributed by atoms with van der Waals surface area (Å²) in [5, 5.41) is 9.95. The summed E-state index contributed by atoms with van der Waals surface area (Å²) in [7, 11) is 1.47. The Labute approximate surface area is 88.7 Å². The molecule has 3 nitrogen and oxygen atoms in total. The molecule has 0 heterocycles. The van der Waals surface area contributed by atoms with Gasteiger partial charge in [0.1, 0.15) is 17.2 Å². The first-order chi connectivity index (χ1) is 6.92. The van der Waals surface area contributed by atoms with Crippen LogP contribution in [0.2, 0.25) is 0 Å². The first kappa shape index (κ1) is 11.9. The quantitative estimate of drug-likeness (QED) is 0.796. The van der Waals surface area contributed by atoms with Gasteiger partial charge in [-0.05, 0) is 31.5 Å². The Morgan fingerprint density at radius 2 is 2.13 bits per heavy atom. The van der Waals surface area contributed by atoms with Crippen molar-refractivity contribution in [1.82, 2.24) is 0 Å². The first-order valence-corrected chi connectivity index (χ1v) is 4.69. The third-order valence-electron chi connectivity index (χ3n) is 2.46. The number of rotatable bonds is 3. The summed E-state index contributed by atoms with van der Waals surface area (Å²) in [4.78, 5) is 0. The molecule has 0 amide bonds. The Balaban J connectivity index is 3.34. The monoisotopic (exact) mass is 213 g/mol. The van der Waals surface area contributed by atoms with Gasteiger partial charge in [-0.1, -0.05) is 0 Å². The minimum atomic E-state index is -1.28. The van der Waals surface area contributed by atoms with Crippen LogP contribution in [0, 0.1) is 12.7 Å². The molecule has 0 aromatic heterocycles. The van der Waals surface area contributed by atoms with E-state index in [0.29, 0.717) is 16.9 Å². The standard InChI is InChI=1S/C11H16FNO2/c1-7-4-10(15-3)8(5-9(7)12)11(2,14)6-13/h4-5,14H,6,13H2,1-3H3. The number of aryl methyl sites for hydroxylation is 1. The molecule has 1 rings (SSSR count). The summed E-state index contributed by atoms with van der Waals surface area (Å²) in [5.74, 6) is 0.0730. The smallest absolute Gasteiger partial charge is 0.126 e. The van der Waals surface area contributed by atoms with Crippen LogP contribution in [0.15, 0.2) is 12.1 Å². The van der Waals surface area contributed by atoms with E-state index >= 15 is 0 Å². The van der Waals surface area contributed by atoms with Crippen molar-refractivity contribution in [3.63, 3.8) is 0 Å². The molecule has 0 aliphatic heterocycles. The molecular formula is C11H16FNO2. The van der Waals surface area contributed by atoms with Crippen molar-refractivity contribution in [1.29, 1.82) is 0 Å². The fourth-order valence-electron chi connectivity index (χ4n) is 1.35. The van der Waals surface area contributed by atoms with Crippen LogP contribution >= 0.6 is 0 Å². The Hall–Kier alpha value is -1.13. The second kappa shape index (κ2) is 4.16. The minimum Gasteiger partial charge on any atom is -0.496 e. The Bertz CT molecular complexity index is 364. The number of aliphatic hydroxyl groups is 1. The van der Waals surface area contributed by atoms with Crippen molar-refractivity contribution in [2.45, 2.75) is 19.4 Å². The predicted molar refractivity (Wildman–Crippen MR) is 56.3 cm³/mol. The summed E-state index contributed by atoms with van der Waals surface area (Å²) < 4.78 is 18.4. The van der Waals surface area contributed by atoms with Gasteiger partial charge in [0.05, 0.1) is 7.11 Å². The molecule has 0 radical (unpaired) electrons. The van der Waals surface area contributed by atoms with E-state index in [0.717, 1.165) is 0 Å². The molecule has 3 N–H and O–H groups in total. The second-order valence-electron chi connectivity index (χ2n) is 3.78. The Morgan fingerprint density at radius 1 is 1.53 bits per heavy atom. The number of benzene rings is 1. The van der Waals surface area contributed by atoms with E-state index in [1.165, 1.54) is 20.1 Å². The normalized spacial score (nSPS) is 14.8. The highest BCUT2D eigenvalue weighted by atomic mass is 19.1. The molecule has 1 unspecified atom stereocenters. The molecule has 1 atom stereocenters. The van der Waals surface area contributed by atoms with Crippen LogP contribution in [0.5, 0.6) is 5.75 Å². The zero-order valence-electron chi connectivity index (χ0n) is 9.17. The van der Waals surface area contributed by atoms with Crippen LogP contribution < -0.4 is 10.5 Å². The van der Waals surface area contributed by atoms with Gasteiger partial charge < -0.3 is 15.6 Å². The van der Waals surface area contributed by atoms with E-state index in [9.17, 15) is 9.50 Å². The number of halogens is 1. The van der Waals surface area contributed by atoms with Crippen LogP contribution in [-0.4, -0.2) is 18.8 Å². The number of nitrogens with two attached hydrogens (primary N) is 1. The molecule has 4 heteroatoms. The zero-order valence-corrected chi connectivity index (χ0v) is 9.17. The number of hydrogen-bond donors (Lipinski definition) is 2. The van der Waals surface area contributed by atoms with E-state index in [1.807, 2.05) is 0 Å². The molecule has 0 spiro atoms. The lowest BCUT2D eigenvalue weighted by Gasteiger charge is -2.24. The molecule has 15 heavy (non-hydrogen) atoms. The van der Waals surface area contributed by atoms with E-state index in [-0.39, 0.29) is 12.4 Å². The van der Waals surface area contributed by atoms with E-state index in [2.05, 4.69) is 0 Å². The lowest BCUT2D eigenvalue weighted by Crippen LogP contribution is -2.32. The SMILES string of the molecule is COc1cc(C)c(F)cc1C(C)(O)CN. The number of hydrogen-bond acceptors (Lipinski definition) is 3. The van der Waals surface area contributed by atoms with Crippen molar-refractivity contribution >= 4 is 0 Å². The van der Waals surface area contributed by atoms with Crippen molar-refractivity contribution in [3.8, 4) is 5.75 Å². The van der Waals surface area contributed by atoms with Crippen molar-refractivity contribution in [3.05, 3.63) is 29.1 Å². The van der Waals surface area contributed by atoms with Gasteiger partial charge in [-0.25, -0.2) is 4.39 Å². The van der Waals surface area contributed by atoms with Crippen LogP contribution in [0.25, 0.3) is 0 Å². The average molecular weight is 213 g/mol. The summed E-state index contributed by atoms with van der Waals surface area (Å²) in [5.41, 5.74) is 4.99. The van der Waals surface area contributed by atoms with Crippen molar-refractivity contribution in [2.75, 3.05) is 13.7 Å². The largest absolute Gasteiger partial charge is 0.496 e. The molecule has 0 saturated heterocycles. The predicted octanol–water partition coefficient (Wildman–Crippen LogP) is 1.31. The molecule has 0 saturated carbocycles. The van der Waals surface area contributed by atoms with Gasteiger partial charge in [-0.2, -0.15) is 0 Å². The molecule has 0 fully saturated rings. The summed E-state index contributed by atoms with van der Waals surface area (Å²) in [6.07, 6.45) is 0. The van der Waals surface area contributed by atoms with Gasteiger partial charge >= 0.3 is 0 Å². The molecular weight excluding hydrogens is 197 g/mol.